The first-order valence-electron chi connectivity index (χ1n) is 18.4. The van der Waals surface area contributed by atoms with E-state index >= 15 is 0 Å². The number of thiocarbonyl (C=S) groups is 1. The van der Waals surface area contributed by atoms with Crippen molar-refractivity contribution in [1.82, 2.24) is 10.7 Å². The van der Waals surface area contributed by atoms with Gasteiger partial charge in [-0.05, 0) is 67.7 Å². The number of ether oxygens (including phenoxy) is 3. The highest BCUT2D eigenvalue weighted by molar-refractivity contribution is 7.80. The van der Waals surface area contributed by atoms with E-state index in [-0.39, 0.29) is 55.1 Å². The molecule has 3 aliphatic rings. The van der Waals surface area contributed by atoms with E-state index in [1.54, 1.807) is 6.92 Å². The number of phenolic OH excluding ortho intramolecular Hbond substituents is 2. The Balaban J connectivity index is 1.27. The van der Waals surface area contributed by atoms with E-state index in [0.29, 0.717) is 5.69 Å². The molecular weight excluding hydrogens is 846 g/mol. The van der Waals surface area contributed by atoms with Crippen molar-refractivity contribution < 1.29 is 58.5 Å². The number of methoxy groups -OCH3 is 1. The molecule has 1 saturated heterocycles. The zero-order valence-corrected chi connectivity index (χ0v) is 34.0. The number of phenols is 2. The van der Waals surface area contributed by atoms with Crippen LogP contribution in [0.15, 0.2) is 65.8 Å². The fourth-order valence-corrected chi connectivity index (χ4v) is 8.26. The summed E-state index contributed by atoms with van der Waals surface area (Å²) in [4.78, 5) is 41.2. The lowest BCUT2D eigenvalue weighted by atomic mass is 9.71. The summed E-state index contributed by atoms with van der Waals surface area (Å²) < 4.78 is 31.3. The molecule has 8 N–H and O–H groups in total. The van der Waals surface area contributed by atoms with Gasteiger partial charge in [-0.1, -0.05) is 35.3 Å². The number of anilines is 1. The van der Waals surface area contributed by atoms with Crippen LogP contribution in [0.2, 0.25) is 10.0 Å². The van der Waals surface area contributed by atoms with Crippen molar-refractivity contribution in [3.8, 4) is 17.2 Å². The third-order valence-corrected chi connectivity index (χ3v) is 11.6. The molecule has 1 fully saturated rings. The second-order valence-electron chi connectivity index (χ2n) is 14.4. The first-order valence-corrected chi connectivity index (χ1v) is 19.6. The van der Waals surface area contributed by atoms with Gasteiger partial charge in [0.2, 0.25) is 5.78 Å². The van der Waals surface area contributed by atoms with E-state index in [1.165, 1.54) is 67.8 Å². The number of hydrogen-bond donors (Lipinski definition) is 8. The van der Waals surface area contributed by atoms with Gasteiger partial charge in [0.15, 0.2) is 17.2 Å². The Hall–Kier alpha value is -5.24. The molecule has 0 radical (unpaired) electrons. The van der Waals surface area contributed by atoms with E-state index in [4.69, 9.17) is 49.6 Å². The molecule has 0 spiro atoms. The fraction of sp³-hybridized carbons (Fsp3) is 0.293. The van der Waals surface area contributed by atoms with Crippen LogP contribution in [0.3, 0.4) is 0 Å². The Morgan fingerprint density at radius 2 is 1.75 bits per heavy atom. The van der Waals surface area contributed by atoms with Crippen LogP contribution in [0.25, 0.3) is 0 Å². The molecule has 0 aromatic heterocycles. The number of hydrazone groups is 1. The minimum absolute atomic E-state index is 0.0446. The first kappa shape index (κ1) is 42.9. The highest BCUT2D eigenvalue weighted by Gasteiger charge is 2.50. The van der Waals surface area contributed by atoms with Crippen molar-refractivity contribution in [2.45, 2.75) is 62.4 Å². The van der Waals surface area contributed by atoms with Gasteiger partial charge in [-0.15, -0.1) is 0 Å². The number of nitrogens with zero attached hydrogens (tertiary/aromatic N) is 1. The zero-order valence-electron chi connectivity index (χ0n) is 31.7. The van der Waals surface area contributed by atoms with Gasteiger partial charge in [-0.3, -0.25) is 14.4 Å². The average Bonchev–Trinajstić information content (AvgIpc) is 3.21. The normalized spacial score (nSPS) is 23.5. The number of halogens is 3. The first-order chi connectivity index (χ1) is 28.5. The molecule has 314 valence electrons. The van der Waals surface area contributed by atoms with Crippen LogP contribution in [0.1, 0.15) is 79.2 Å². The Bertz CT molecular complexity index is 2460. The number of benzene rings is 4. The maximum atomic E-state index is 14.1. The quantitative estimate of drug-likeness (QED) is 0.0435. The minimum atomic E-state index is -2.25. The molecule has 7 rings (SSSR count). The van der Waals surface area contributed by atoms with Gasteiger partial charge in [0, 0.05) is 47.2 Å². The van der Waals surface area contributed by atoms with Crippen molar-refractivity contribution >= 4 is 69.4 Å². The van der Waals surface area contributed by atoms with Crippen LogP contribution in [0, 0.1) is 5.82 Å². The maximum Gasteiger partial charge on any atom is 0.271 e. The number of aromatic hydroxyl groups is 2. The van der Waals surface area contributed by atoms with Crippen molar-refractivity contribution in [2.24, 2.45) is 5.10 Å². The second kappa shape index (κ2) is 17.0. The summed E-state index contributed by atoms with van der Waals surface area (Å²) in [5.74, 6) is -4.30. The molecule has 0 unspecified atom stereocenters. The van der Waals surface area contributed by atoms with Crippen LogP contribution >= 0.6 is 35.4 Å². The highest BCUT2D eigenvalue weighted by atomic mass is 35.5. The van der Waals surface area contributed by atoms with Gasteiger partial charge in [0.25, 0.3) is 5.91 Å². The second-order valence-corrected chi connectivity index (χ2v) is 15.6. The number of amides is 1. The molecule has 6 atom stereocenters. The van der Waals surface area contributed by atoms with Gasteiger partial charge < -0.3 is 50.4 Å². The van der Waals surface area contributed by atoms with Gasteiger partial charge in [-0.2, -0.15) is 5.10 Å². The summed E-state index contributed by atoms with van der Waals surface area (Å²) in [6, 6.07) is 13.0. The smallest absolute Gasteiger partial charge is 0.271 e. The van der Waals surface area contributed by atoms with Crippen LogP contribution in [0.4, 0.5) is 10.1 Å². The molecule has 1 aliphatic heterocycles. The van der Waals surface area contributed by atoms with Crippen molar-refractivity contribution in [1.29, 1.82) is 0 Å². The number of fused-ring (bicyclic) bond motifs is 3. The van der Waals surface area contributed by atoms with Gasteiger partial charge in [0.1, 0.15) is 34.8 Å². The number of hydrogen-bond acceptors (Lipinski definition) is 13. The number of aliphatic hydroxyl groups excluding tert-OH is 2. The molecule has 2 aliphatic carbocycles. The third kappa shape index (κ3) is 8.02. The monoisotopic (exact) mass is 882 g/mol. The van der Waals surface area contributed by atoms with E-state index in [2.05, 4.69) is 21.2 Å². The Kier molecular flexibility index (Phi) is 12.2. The maximum absolute atomic E-state index is 14.1. The molecular formula is C41H37Cl2FN4O11S. The number of rotatable bonds is 9. The average molecular weight is 884 g/mol. The van der Waals surface area contributed by atoms with Crippen LogP contribution in [-0.2, 0) is 15.9 Å². The third-order valence-electron chi connectivity index (χ3n) is 10.7. The van der Waals surface area contributed by atoms with Crippen LogP contribution < -0.4 is 20.8 Å². The summed E-state index contributed by atoms with van der Waals surface area (Å²) in [7, 11) is 1.31. The fourth-order valence-electron chi connectivity index (χ4n) is 7.69. The van der Waals surface area contributed by atoms with Crippen molar-refractivity contribution in [3.63, 3.8) is 0 Å². The van der Waals surface area contributed by atoms with Gasteiger partial charge in [0.05, 0.1) is 64.4 Å². The topological polar surface area (TPSA) is 228 Å². The Morgan fingerprint density at radius 3 is 2.43 bits per heavy atom. The highest BCUT2D eigenvalue weighted by Crippen LogP contribution is 2.52. The SMILES string of the molecule is COc1cccc2c1C(=O)c1c(O)c3c(c(O)c1C2=O)C[C@@](O)(/C(CO)=N\NC(=O)c1ccc(Cl)c(Cl)c1)C[C@H]3O[C@H]1C[C@@H](NC(=S)Nc2ccc(F)cc2)[C@@H](O)[C@H](C)O1. The summed E-state index contributed by atoms with van der Waals surface area (Å²) >= 11 is 17.5. The molecule has 15 nitrogen and oxygen atoms in total. The molecule has 1 amide bonds. The number of carbonyl (C=O) groups excluding carboxylic acids is 3. The van der Waals surface area contributed by atoms with E-state index in [9.17, 15) is 44.3 Å². The number of nitrogens with one attached hydrogen (secondary N) is 3. The summed E-state index contributed by atoms with van der Waals surface area (Å²) in [5, 5.41) is 68.3. The van der Waals surface area contributed by atoms with Crippen molar-refractivity contribution in [2.75, 3.05) is 19.0 Å². The number of carbonyl (C=O) groups is 3. The number of aliphatic hydroxyl groups is 3. The van der Waals surface area contributed by atoms with Gasteiger partial charge >= 0.3 is 0 Å². The van der Waals surface area contributed by atoms with Crippen LogP contribution in [-0.4, -0.2) is 97.7 Å². The van der Waals surface area contributed by atoms with Crippen molar-refractivity contribution in [3.05, 3.63) is 115 Å². The van der Waals surface area contributed by atoms with E-state index in [1.807, 2.05) is 0 Å². The predicted molar refractivity (Wildman–Crippen MR) is 220 cm³/mol. The lowest BCUT2D eigenvalue weighted by Gasteiger charge is -2.43. The molecule has 0 saturated carbocycles. The molecule has 4 aromatic carbocycles. The Labute approximate surface area is 356 Å². The summed E-state index contributed by atoms with van der Waals surface area (Å²) in [5.41, 5.74) is -1.57. The molecule has 4 aromatic rings. The lowest BCUT2D eigenvalue weighted by molar-refractivity contribution is -0.247. The zero-order chi connectivity index (χ0) is 43.2. The van der Waals surface area contributed by atoms with Gasteiger partial charge in [-0.25, -0.2) is 9.82 Å². The van der Waals surface area contributed by atoms with E-state index in [0.717, 1.165) is 0 Å². The van der Waals surface area contributed by atoms with Crippen LogP contribution in [0.5, 0.6) is 17.2 Å². The lowest BCUT2D eigenvalue weighted by Crippen LogP contribution is -2.56. The molecule has 60 heavy (non-hydrogen) atoms. The molecule has 19 heteroatoms. The summed E-state index contributed by atoms with van der Waals surface area (Å²) in [6.07, 6.45) is -5.94. The predicted octanol–water partition coefficient (Wildman–Crippen LogP) is 4.69. The Morgan fingerprint density at radius 1 is 1.03 bits per heavy atom. The number of ketones is 2. The minimum Gasteiger partial charge on any atom is -0.507 e. The summed E-state index contributed by atoms with van der Waals surface area (Å²) in [6.45, 7) is 0.633. The molecule has 1 heterocycles. The van der Waals surface area contributed by atoms with E-state index < -0.39 is 107 Å². The standard InChI is InChI=1S/C41H37Cl2FN4O11S/c1-17-34(50)25(46-40(60)45-20-9-7-19(44)8-10-20)13-29(58-17)59-27-15-41(56,28(16-49)47-48-39(55)18-6-11-23(42)24(43)12-18)14-22-31(27)38(54)33-32(36(22)52)35(51)21-4-3-5-26(57-2)30(21)37(33)53/h3-12,17,25,27,29,34,49-50,52,54,56H,13-16H2,1-2H3,(H,48,55)(H2,45,46,60)/b47-28-/t17-,25+,27+,29-,34-,41-/m0/s1. The largest absolute Gasteiger partial charge is 0.507 e. The molecule has 0 bridgehead atoms.